The highest BCUT2D eigenvalue weighted by Crippen LogP contribution is 2.28. The Labute approximate surface area is 84.2 Å². The van der Waals surface area contributed by atoms with Crippen LogP contribution in [0, 0.1) is 0 Å². The zero-order valence-electron chi connectivity index (χ0n) is 8.70. The average Bonchev–Trinajstić information content (AvgIpc) is 2.13. The molecule has 0 amide bonds. The highest BCUT2D eigenvalue weighted by atomic mass is 31.1. The minimum atomic E-state index is -2.67. The van der Waals surface area contributed by atoms with E-state index in [1.54, 1.807) is 20.8 Å². The maximum Gasteiger partial charge on any atom is 0.345 e. The Hall–Kier alpha value is -0.890. The van der Waals surface area contributed by atoms with Gasteiger partial charge in [-0.05, 0) is 19.8 Å². The molecule has 0 aromatic rings. The fourth-order valence-electron chi connectivity index (χ4n) is 1.14. The van der Waals surface area contributed by atoms with Crippen molar-refractivity contribution in [2.24, 2.45) is 0 Å². The van der Waals surface area contributed by atoms with E-state index in [0.29, 0.717) is 12.8 Å². The standard InChI is InChI=1S/C9H15O4P/c1-4-7(9(10)13-6-3)8(5-2)14(11)12/h4-6H2,1-3H3. The predicted octanol–water partition coefficient (Wildman–Crippen LogP) is 2.80. The van der Waals surface area contributed by atoms with Gasteiger partial charge in [-0.25, -0.2) is 13.9 Å². The van der Waals surface area contributed by atoms with Crippen LogP contribution in [0.4, 0.5) is 0 Å². The van der Waals surface area contributed by atoms with E-state index in [1.165, 1.54) is 0 Å². The lowest BCUT2D eigenvalue weighted by Crippen LogP contribution is -2.08. The largest absolute Gasteiger partial charge is 0.463 e. The molecule has 0 fully saturated rings. The molecule has 0 radical (unpaired) electrons. The third-order valence-electron chi connectivity index (χ3n) is 1.78. The van der Waals surface area contributed by atoms with Crippen LogP contribution in [0.25, 0.3) is 0 Å². The average molecular weight is 218 g/mol. The zero-order chi connectivity index (χ0) is 11.1. The molecule has 0 bridgehead atoms. The summed E-state index contributed by atoms with van der Waals surface area (Å²) in [7, 11) is -2.67. The molecule has 0 saturated heterocycles. The third kappa shape index (κ3) is 3.46. The molecule has 0 saturated carbocycles. The van der Waals surface area contributed by atoms with Gasteiger partial charge in [0.25, 0.3) is 0 Å². The number of carbonyl (C=O) groups is 1. The molecule has 14 heavy (non-hydrogen) atoms. The number of hydrogen-bond donors (Lipinski definition) is 0. The number of carbonyl (C=O) groups excluding carboxylic acids is 1. The molecule has 0 N–H and O–H groups in total. The van der Waals surface area contributed by atoms with Crippen LogP contribution in [0.3, 0.4) is 0 Å². The van der Waals surface area contributed by atoms with E-state index in [0.717, 1.165) is 0 Å². The molecule has 80 valence electrons. The van der Waals surface area contributed by atoms with Gasteiger partial charge in [-0.1, -0.05) is 13.8 Å². The minimum Gasteiger partial charge on any atom is -0.463 e. The van der Waals surface area contributed by atoms with Crippen LogP contribution in [-0.2, 0) is 18.7 Å². The number of allylic oxidation sites excluding steroid dienone is 1. The van der Waals surface area contributed by atoms with Crippen LogP contribution in [0.15, 0.2) is 10.9 Å². The van der Waals surface area contributed by atoms with Crippen LogP contribution in [0.2, 0.25) is 0 Å². The lowest BCUT2D eigenvalue weighted by Gasteiger charge is -2.05. The Morgan fingerprint density at radius 2 is 1.71 bits per heavy atom. The fourth-order valence-corrected chi connectivity index (χ4v) is 1.87. The van der Waals surface area contributed by atoms with E-state index in [2.05, 4.69) is 0 Å². The molecule has 5 heteroatoms. The van der Waals surface area contributed by atoms with Crippen LogP contribution < -0.4 is 0 Å². The summed E-state index contributed by atoms with van der Waals surface area (Å²) in [5, 5.41) is 0.181. The molecule has 0 unspecified atom stereocenters. The molecule has 0 aromatic heterocycles. The smallest absolute Gasteiger partial charge is 0.345 e. The van der Waals surface area contributed by atoms with E-state index in [9.17, 15) is 13.9 Å². The Balaban J connectivity index is 5.07. The van der Waals surface area contributed by atoms with Gasteiger partial charge in [-0.3, -0.25) is 0 Å². The van der Waals surface area contributed by atoms with Crippen LogP contribution in [0.1, 0.15) is 33.6 Å². The molecule has 0 heterocycles. The second-order valence-electron chi connectivity index (χ2n) is 2.61. The highest BCUT2D eigenvalue weighted by molar-refractivity contribution is 7.36. The molecular formula is C9H15O4P. The van der Waals surface area contributed by atoms with E-state index in [-0.39, 0.29) is 17.5 Å². The first-order chi connectivity index (χ1) is 6.58. The topological polar surface area (TPSA) is 60.4 Å². The summed E-state index contributed by atoms with van der Waals surface area (Å²) in [5.74, 6) is -0.522. The lowest BCUT2D eigenvalue weighted by molar-refractivity contribution is -0.138. The maximum absolute atomic E-state index is 11.3. The molecule has 0 rings (SSSR count). The van der Waals surface area contributed by atoms with Crippen molar-refractivity contribution in [1.82, 2.24) is 0 Å². The van der Waals surface area contributed by atoms with E-state index in [4.69, 9.17) is 4.74 Å². The summed E-state index contributed by atoms with van der Waals surface area (Å²) in [4.78, 5) is 11.3. The SMILES string of the molecule is CCOC(=O)C(CC)=C(CC)P(=O)=O. The van der Waals surface area contributed by atoms with Crippen LogP contribution in [0.5, 0.6) is 0 Å². The third-order valence-corrected chi connectivity index (χ3v) is 2.81. The van der Waals surface area contributed by atoms with Gasteiger partial charge in [0.1, 0.15) is 0 Å². The molecule has 0 atom stereocenters. The molecular weight excluding hydrogens is 203 g/mol. The first-order valence-electron chi connectivity index (χ1n) is 4.61. The molecule has 0 aliphatic rings. The van der Waals surface area contributed by atoms with Crippen molar-refractivity contribution < 1.29 is 18.7 Å². The molecule has 0 spiro atoms. The molecule has 0 aliphatic carbocycles. The molecule has 4 nitrogen and oxygen atoms in total. The van der Waals surface area contributed by atoms with E-state index >= 15 is 0 Å². The van der Waals surface area contributed by atoms with Crippen LogP contribution in [-0.4, -0.2) is 12.6 Å². The first-order valence-corrected chi connectivity index (χ1v) is 5.79. The van der Waals surface area contributed by atoms with E-state index in [1.807, 2.05) is 0 Å². The quantitative estimate of drug-likeness (QED) is 0.404. The maximum atomic E-state index is 11.3. The second kappa shape index (κ2) is 6.55. The van der Waals surface area contributed by atoms with Crippen LogP contribution >= 0.6 is 7.68 Å². The van der Waals surface area contributed by atoms with E-state index < -0.39 is 13.6 Å². The normalized spacial score (nSPS) is 11.9. The van der Waals surface area contributed by atoms with Gasteiger partial charge in [0.05, 0.1) is 17.5 Å². The van der Waals surface area contributed by atoms with Crippen molar-refractivity contribution in [2.75, 3.05) is 6.61 Å². The van der Waals surface area contributed by atoms with Gasteiger partial charge in [0.2, 0.25) is 0 Å². The Bertz CT molecular complexity index is 294. The first kappa shape index (κ1) is 13.1. The van der Waals surface area contributed by atoms with Crippen molar-refractivity contribution in [3.63, 3.8) is 0 Å². The second-order valence-corrected chi connectivity index (χ2v) is 3.66. The minimum absolute atomic E-state index is 0.181. The number of rotatable bonds is 5. The summed E-state index contributed by atoms with van der Waals surface area (Å²) >= 11 is 0. The van der Waals surface area contributed by atoms with Gasteiger partial charge in [0.15, 0.2) is 0 Å². The molecule has 0 aliphatic heterocycles. The Morgan fingerprint density at radius 1 is 1.14 bits per heavy atom. The fraction of sp³-hybridized carbons (Fsp3) is 0.667. The Morgan fingerprint density at radius 3 is 2.00 bits per heavy atom. The van der Waals surface area contributed by atoms with Gasteiger partial charge in [-0.2, -0.15) is 0 Å². The van der Waals surface area contributed by atoms with Gasteiger partial charge in [0, 0.05) is 0 Å². The van der Waals surface area contributed by atoms with Crippen molar-refractivity contribution >= 4 is 13.6 Å². The number of ether oxygens (including phenoxy) is 1. The highest BCUT2D eigenvalue weighted by Gasteiger charge is 2.16. The summed E-state index contributed by atoms with van der Waals surface area (Å²) in [6.07, 6.45) is 0.714. The number of hydrogen-bond acceptors (Lipinski definition) is 4. The van der Waals surface area contributed by atoms with Crippen molar-refractivity contribution in [1.29, 1.82) is 0 Å². The molecule has 0 aromatic carbocycles. The zero-order valence-corrected chi connectivity index (χ0v) is 9.60. The summed E-state index contributed by atoms with van der Waals surface area (Å²) in [6, 6.07) is 0. The summed E-state index contributed by atoms with van der Waals surface area (Å²) in [6.45, 7) is 5.39. The summed E-state index contributed by atoms with van der Waals surface area (Å²) < 4.78 is 26.4. The monoisotopic (exact) mass is 218 g/mol. The van der Waals surface area contributed by atoms with Crippen molar-refractivity contribution in [2.45, 2.75) is 33.6 Å². The Kier molecular flexibility index (Phi) is 6.13. The van der Waals surface area contributed by atoms with Gasteiger partial charge < -0.3 is 4.74 Å². The van der Waals surface area contributed by atoms with Crippen molar-refractivity contribution in [3.05, 3.63) is 10.9 Å². The van der Waals surface area contributed by atoms with Gasteiger partial charge >= 0.3 is 13.6 Å². The van der Waals surface area contributed by atoms with Gasteiger partial charge in [-0.15, -0.1) is 0 Å². The number of esters is 1. The van der Waals surface area contributed by atoms with Crippen molar-refractivity contribution in [3.8, 4) is 0 Å². The summed E-state index contributed by atoms with van der Waals surface area (Å²) in [5.41, 5.74) is 0.269. The lowest BCUT2D eigenvalue weighted by atomic mass is 10.2. The predicted molar refractivity (Wildman–Crippen MR) is 52.5 cm³/mol.